The van der Waals surface area contributed by atoms with Gasteiger partial charge < -0.3 is 14.2 Å². The molecule has 0 N–H and O–H groups in total. The maximum Gasteiger partial charge on any atom is 0.197 e. The maximum absolute atomic E-state index is 12.8. The van der Waals surface area contributed by atoms with Crippen molar-refractivity contribution in [2.45, 2.75) is 19.4 Å². The van der Waals surface area contributed by atoms with Crippen molar-refractivity contribution in [3.8, 4) is 0 Å². The highest BCUT2D eigenvalue weighted by atomic mass is 16.5. The molecule has 3 rings (SSSR count). The van der Waals surface area contributed by atoms with Crippen molar-refractivity contribution < 1.29 is 23.8 Å². The van der Waals surface area contributed by atoms with Crippen LogP contribution in [-0.4, -0.2) is 39.0 Å². The van der Waals surface area contributed by atoms with Crippen LogP contribution in [0.2, 0.25) is 0 Å². The first-order chi connectivity index (χ1) is 11.0. The van der Waals surface area contributed by atoms with Crippen LogP contribution in [-0.2, 0) is 23.8 Å². The predicted octanol–water partition coefficient (Wildman–Crippen LogP) is 2.17. The van der Waals surface area contributed by atoms with Crippen LogP contribution in [0.4, 0.5) is 0 Å². The standard InChI is InChI=1S/C18H18O5/c1-9-5-10-7-12-11(16(20)15(10)13(19)6-9)8-14(21-2)18(23-4)17(12)22-3/h5,7-8,17H,6H2,1-4H3. The highest BCUT2D eigenvalue weighted by Crippen LogP contribution is 2.39. The molecule has 0 saturated carbocycles. The van der Waals surface area contributed by atoms with Gasteiger partial charge in [0.2, 0.25) is 0 Å². The number of Topliss-reactive ketones (excluding diaryl/α,β-unsaturated/α-hetero) is 2. The Bertz CT molecular complexity index is 758. The molecule has 0 radical (unpaired) electrons. The van der Waals surface area contributed by atoms with Crippen LogP contribution in [0.3, 0.4) is 0 Å². The number of ketones is 2. The Morgan fingerprint density at radius 2 is 1.78 bits per heavy atom. The van der Waals surface area contributed by atoms with Crippen LogP contribution in [0.25, 0.3) is 0 Å². The van der Waals surface area contributed by atoms with Crippen molar-refractivity contribution >= 4 is 11.6 Å². The van der Waals surface area contributed by atoms with E-state index in [4.69, 9.17) is 14.2 Å². The molecule has 0 bridgehead atoms. The normalized spacial score (nSPS) is 23.8. The minimum atomic E-state index is -0.543. The maximum atomic E-state index is 12.8. The molecule has 3 aliphatic rings. The van der Waals surface area contributed by atoms with Crippen LogP contribution in [0, 0.1) is 0 Å². The average Bonchev–Trinajstić information content (AvgIpc) is 2.52. The molecule has 3 aliphatic carbocycles. The molecule has 120 valence electrons. The predicted molar refractivity (Wildman–Crippen MR) is 83.4 cm³/mol. The topological polar surface area (TPSA) is 61.8 Å². The lowest BCUT2D eigenvalue weighted by Gasteiger charge is -2.31. The summed E-state index contributed by atoms with van der Waals surface area (Å²) in [5, 5.41) is 0. The Balaban J connectivity index is 2.21. The van der Waals surface area contributed by atoms with Crippen molar-refractivity contribution in [1.82, 2.24) is 0 Å². The third kappa shape index (κ3) is 2.28. The molecule has 0 fully saturated rings. The highest BCUT2D eigenvalue weighted by Gasteiger charge is 2.39. The van der Waals surface area contributed by atoms with Crippen LogP contribution in [0.15, 0.2) is 57.6 Å². The minimum Gasteiger partial charge on any atom is -0.494 e. The monoisotopic (exact) mass is 314 g/mol. The van der Waals surface area contributed by atoms with Gasteiger partial charge in [-0.05, 0) is 24.6 Å². The quantitative estimate of drug-likeness (QED) is 0.747. The molecular formula is C18H18O5. The molecule has 0 heterocycles. The fourth-order valence-corrected chi connectivity index (χ4v) is 3.21. The van der Waals surface area contributed by atoms with Crippen molar-refractivity contribution in [1.29, 1.82) is 0 Å². The van der Waals surface area contributed by atoms with Gasteiger partial charge in [-0.2, -0.15) is 0 Å². The van der Waals surface area contributed by atoms with E-state index in [-0.39, 0.29) is 23.6 Å². The number of allylic oxidation sites excluding steroid dienone is 6. The summed E-state index contributed by atoms with van der Waals surface area (Å²) in [6, 6.07) is 0. The molecule has 23 heavy (non-hydrogen) atoms. The van der Waals surface area contributed by atoms with Crippen molar-refractivity contribution in [2.75, 3.05) is 21.3 Å². The summed E-state index contributed by atoms with van der Waals surface area (Å²) >= 11 is 0. The Labute approximate surface area is 134 Å². The molecule has 5 nitrogen and oxygen atoms in total. The number of hydrogen-bond donors (Lipinski definition) is 0. The second-order valence-corrected chi connectivity index (χ2v) is 5.66. The molecule has 0 aromatic rings. The summed E-state index contributed by atoms with van der Waals surface area (Å²) in [5.74, 6) is 0.511. The van der Waals surface area contributed by atoms with Gasteiger partial charge in [0, 0.05) is 24.7 Å². The summed E-state index contributed by atoms with van der Waals surface area (Å²) in [5.41, 5.74) is 2.95. The van der Waals surface area contributed by atoms with E-state index >= 15 is 0 Å². The number of carbonyl (C=O) groups excluding carboxylic acids is 2. The van der Waals surface area contributed by atoms with Crippen molar-refractivity contribution in [2.24, 2.45) is 0 Å². The number of fused-ring (bicyclic) bond motifs is 1. The first kappa shape index (κ1) is 15.5. The number of carbonyl (C=O) groups is 2. The highest BCUT2D eigenvalue weighted by molar-refractivity contribution is 6.30. The molecule has 5 heteroatoms. The van der Waals surface area contributed by atoms with Crippen LogP contribution in [0.1, 0.15) is 13.3 Å². The zero-order valence-electron chi connectivity index (χ0n) is 13.6. The first-order valence-electron chi connectivity index (χ1n) is 7.29. The van der Waals surface area contributed by atoms with Gasteiger partial charge in [-0.25, -0.2) is 0 Å². The van der Waals surface area contributed by atoms with Gasteiger partial charge in [-0.1, -0.05) is 11.6 Å². The molecule has 1 atom stereocenters. The fraction of sp³-hybridized carbons (Fsp3) is 0.333. The van der Waals surface area contributed by atoms with E-state index in [0.717, 1.165) is 5.57 Å². The first-order valence-corrected chi connectivity index (χ1v) is 7.29. The SMILES string of the molecule is COC1=C(OC)C(OC)C2=CC3=C(C(=O)CC(C)=C3)C(=O)C2=C1. The Hall–Kier alpha value is -2.40. The number of rotatable bonds is 3. The third-order valence-corrected chi connectivity index (χ3v) is 4.22. The lowest BCUT2D eigenvalue weighted by Crippen LogP contribution is -2.32. The van der Waals surface area contributed by atoms with Crippen molar-refractivity contribution in [3.05, 3.63) is 57.6 Å². The summed E-state index contributed by atoms with van der Waals surface area (Å²) in [6.07, 6.45) is 5.07. The fourth-order valence-electron chi connectivity index (χ4n) is 3.21. The lowest BCUT2D eigenvalue weighted by atomic mass is 9.77. The van der Waals surface area contributed by atoms with Gasteiger partial charge in [-0.15, -0.1) is 0 Å². The summed E-state index contributed by atoms with van der Waals surface area (Å²) in [7, 11) is 4.58. The Morgan fingerprint density at radius 1 is 1.04 bits per heavy atom. The largest absolute Gasteiger partial charge is 0.494 e. The van der Waals surface area contributed by atoms with Gasteiger partial charge in [0.1, 0.15) is 6.10 Å². The molecule has 0 aromatic heterocycles. The molecule has 0 spiro atoms. The van der Waals surface area contributed by atoms with Crippen molar-refractivity contribution in [3.63, 3.8) is 0 Å². The Kier molecular flexibility index (Phi) is 3.82. The van der Waals surface area contributed by atoms with E-state index in [0.29, 0.717) is 28.2 Å². The molecule has 1 unspecified atom stereocenters. The number of hydrogen-bond acceptors (Lipinski definition) is 5. The zero-order valence-corrected chi connectivity index (χ0v) is 13.6. The van der Waals surface area contributed by atoms with E-state index in [2.05, 4.69) is 0 Å². The second-order valence-electron chi connectivity index (χ2n) is 5.66. The molecule has 0 aliphatic heterocycles. The van der Waals surface area contributed by atoms with Gasteiger partial charge in [-0.3, -0.25) is 9.59 Å². The van der Waals surface area contributed by atoms with Gasteiger partial charge in [0.25, 0.3) is 0 Å². The Morgan fingerprint density at radius 3 is 2.39 bits per heavy atom. The van der Waals surface area contributed by atoms with Gasteiger partial charge >= 0.3 is 0 Å². The molecule has 0 aromatic carbocycles. The minimum absolute atomic E-state index is 0.143. The van der Waals surface area contributed by atoms with Crippen LogP contribution >= 0.6 is 0 Å². The molecular weight excluding hydrogens is 296 g/mol. The summed E-state index contributed by atoms with van der Waals surface area (Å²) < 4.78 is 16.2. The van der Waals surface area contributed by atoms with E-state index in [1.54, 1.807) is 13.2 Å². The number of methoxy groups -OCH3 is 3. The second kappa shape index (κ2) is 5.66. The average molecular weight is 314 g/mol. The van der Waals surface area contributed by atoms with Crippen LogP contribution < -0.4 is 0 Å². The van der Waals surface area contributed by atoms with Gasteiger partial charge in [0.15, 0.2) is 23.1 Å². The van der Waals surface area contributed by atoms with Crippen LogP contribution in [0.5, 0.6) is 0 Å². The summed E-state index contributed by atoms with van der Waals surface area (Å²) in [4.78, 5) is 25.1. The number of ether oxygens (including phenoxy) is 3. The van der Waals surface area contributed by atoms with Gasteiger partial charge in [0.05, 0.1) is 19.8 Å². The molecule has 0 saturated heterocycles. The smallest absolute Gasteiger partial charge is 0.197 e. The van der Waals surface area contributed by atoms with E-state index < -0.39 is 6.10 Å². The zero-order chi connectivity index (χ0) is 16.7. The lowest BCUT2D eigenvalue weighted by molar-refractivity contribution is -0.119. The van der Waals surface area contributed by atoms with E-state index in [1.165, 1.54) is 14.2 Å². The van der Waals surface area contributed by atoms with E-state index in [1.807, 2.05) is 19.1 Å². The third-order valence-electron chi connectivity index (χ3n) is 4.22. The molecule has 0 amide bonds. The van der Waals surface area contributed by atoms with E-state index in [9.17, 15) is 9.59 Å². The summed E-state index contributed by atoms with van der Waals surface area (Å²) in [6.45, 7) is 1.88.